The number of hydrogen-bond donors (Lipinski definition) is 1. The lowest BCUT2D eigenvalue weighted by atomic mass is 10.1. The quantitative estimate of drug-likeness (QED) is 0.262. The lowest BCUT2D eigenvalue weighted by molar-refractivity contribution is 0.231. The molecule has 0 bridgehead atoms. The van der Waals surface area contributed by atoms with E-state index in [4.69, 9.17) is 16.6 Å². The Morgan fingerprint density at radius 1 is 1.11 bits per heavy atom. The van der Waals surface area contributed by atoms with Crippen molar-refractivity contribution < 1.29 is 4.21 Å². The zero-order valence-corrected chi connectivity index (χ0v) is 27.9. The third-order valence-electron chi connectivity index (χ3n) is 8.91. The third kappa shape index (κ3) is 6.44. The highest BCUT2D eigenvalue weighted by molar-refractivity contribution is 8.00. The van der Waals surface area contributed by atoms with Gasteiger partial charge in [0.05, 0.1) is 21.2 Å². The molecule has 2 unspecified atom stereocenters. The van der Waals surface area contributed by atoms with Gasteiger partial charge < -0.3 is 15.1 Å². The lowest BCUT2D eigenvalue weighted by Gasteiger charge is -2.38. The van der Waals surface area contributed by atoms with Crippen LogP contribution in [0.5, 0.6) is 0 Å². The monoisotopic (exact) mass is 648 g/mol. The van der Waals surface area contributed by atoms with Crippen molar-refractivity contribution in [2.24, 2.45) is 0 Å². The second-order valence-corrected chi connectivity index (χ2v) is 15.8. The normalized spacial score (nSPS) is 18.5. The van der Waals surface area contributed by atoms with E-state index < -0.39 is 9.52 Å². The fraction of sp³-hybridized carbons (Fsp3) is 0.424. The molecule has 238 valence electrons. The maximum atomic E-state index is 14.0. The van der Waals surface area contributed by atoms with E-state index in [-0.39, 0.29) is 15.8 Å². The molecule has 1 N–H and O–H groups in total. The third-order valence-corrected chi connectivity index (χ3v) is 11.7. The predicted octanol–water partition coefficient (Wildman–Crippen LogP) is 4.58. The van der Waals surface area contributed by atoms with Gasteiger partial charge in [0.2, 0.25) is 5.95 Å². The molecule has 0 saturated carbocycles. The van der Waals surface area contributed by atoms with Gasteiger partial charge in [-0.3, -0.25) is 23.5 Å². The number of halogens is 1. The summed E-state index contributed by atoms with van der Waals surface area (Å²) in [6, 6.07) is 12.4. The van der Waals surface area contributed by atoms with Crippen LogP contribution in [0.15, 0.2) is 58.5 Å². The van der Waals surface area contributed by atoms with E-state index in [1.807, 2.05) is 45.0 Å². The minimum atomic E-state index is -2.58. The summed E-state index contributed by atoms with van der Waals surface area (Å²) in [7, 11) is 1.34. The van der Waals surface area contributed by atoms with Crippen LogP contribution in [0.2, 0.25) is 5.02 Å². The maximum Gasteiger partial charge on any atom is 0.261 e. The molecule has 0 amide bonds. The van der Waals surface area contributed by atoms with Gasteiger partial charge in [-0.1, -0.05) is 25.4 Å². The SMILES string of the molecule is C=S(=O)(c1cnc(-c2cc3cnc(Nc4ccc(N5CCN6CCCC6C5)cc4)nc3n(CCN(C)C)c2=O)c(Cl)c1)C(C)C. The van der Waals surface area contributed by atoms with Crippen LogP contribution in [-0.2, 0) is 16.1 Å². The molecule has 2 atom stereocenters. The van der Waals surface area contributed by atoms with Crippen LogP contribution in [0.25, 0.3) is 22.3 Å². The molecule has 10 nitrogen and oxygen atoms in total. The van der Waals surface area contributed by atoms with Gasteiger partial charge in [-0.15, -0.1) is 0 Å². The first kappa shape index (κ1) is 31.5. The van der Waals surface area contributed by atoms with E-state index in [1.165, 1.54) is 31.3 Å². The molecule has 0 spiro atoms. The second-order valence-electron chi connectivity index (χ2n) is 12.5. The summed E-state index contributed by atoms with van der Waals surface area (Å²) < 4.78 is 14.8. The largest absolute Gasteiger partial charge is 0.369 e. The highest BCUT2D eigenvalue weighted by atomic mass is 35.5. The van der Waals surface area contributed by atoms with Gasteiger partial charge in [0, 0.05) is 73.2 Å². The first-order chi connectivity index (χ1) is 21.5. The van der Waals surface area contributed by atoms with E-state index in [0.717, 1.165) is 25.3 Å². The van der Waals surface area contributed by atoms with E-state index in [2.05, 4.69) is 43.1 Å². The number of pyridine rings is 2. The van der Waals surface area contributed by atoms with E-state index in [0.29, 0.717) is 52.3 Å². The Balaban J connectivity index is 1.30. The summed E-state index contributed by atoms with van der Waals surface area (Å²) in [5.74, 6) is 4.31. The molecule has 45 heavy (non-hydrogen) atoms. The van der Waals surface area contributed by atoms with Crippen LogP contribution in [0.3, 0.4) is 0 Å². The Morgan fingerprint density at radius 3 is 2.60 bits per heavy atom. The van der Waals surface area contributed by atoms with Gasteiger partial charge in [0.15, 0.2) is 0 Å². The summed E-state index contributed by atoms with van der Waals surface area (Å²) in [6.45, 7) is 9.20. The van der Waals surface area contributed by atoms with Crippen molar-refractivity contribution in [2.45, 2.75) is 49.4 Å². The number of fused-ring (bicyclic) bond motifs is 2. The van der Waals surface area contributed by atoms with Crippen molar-refractivity contribution in [2.75, 3.05) is 57.0 Å². The Labute approximate surface area is 270 Å². The molecule has 4 aromatic rings. The number of piperazine rings is 1. The highest BCUT2D eigenvalue weighted by Crippen LogP contribution is 2.30. The van der Waals surface area contributed by atoms with Crippen LogP contribution in [0, 0.1) is 0 Å². The van der Waals surface area contributed by atoms with E-state index in [1.54, 1.807) is 22.9 Å². The standard InChI is InChI=1S/C33H41ClN8O2S/c1-22(2)45(5,44)27-18-29(34)30(35-20-27)28-17-23-19-36-33(38-31(23)42(32(28)43)16-13-39(3)4)37-24-8-10-25(11-9-24)41-15-14-40-12-6-7-26(40)21-41/h8-11,17-20,22,26H,5-7,12-16,21H2,1-4H3,(H,36,37,38). The Morgan fingerprint density at radius 2 is 1.89 bits per heavy atom. The first-order valence-electron chi connectivity index (χ1n) is 15.4. The van der Waals surface area contributed by atoms with Gasteiger partial charge in [-0.05, 0) is 85.3 Å². The molecule has 6 rings (SSSR count). The average Bonchev–Trinajstić information content (AvgIpc) is 3.49. The van der Waals surface area contributed by atoms with Gasteiger partial charge in [0.25, 0.3) is 5.56 Å². The van der Waals surface area contributed by atoms with Gasteiger partial charge in [-0.25, -0.2) is 4.98 Å². The predicted molar refractivity (Wildman–Crippen MR) is 186 cm³/mol. The molecule has 0 radical (unpaired) electrons. The minimum Gasteiger partial charge on any atom is -0.369 e. The van der Waals surface area contributed by atoms with Crippen LogP contribution in [0.4, 0.5) is 17.3 Å². The number of anilines is 3. The molecular weight excluding hydrogens is 608 g/mol. The average molecular weight is 649 g/mol. The van der Waals surface area contributed by atoms with Crippen molar-refractivity contribution in [1.82, 2.24) is 29.3 Å². The number of nitrogens with zero attached hydrogens (tertiary/aromatic N) is 7. The van der Waals surface area contributed by atoms with Crippen molar-refractivity contribution in [3.63, 3.8) is 0 Å². The number of nitrogens with one attached hydrogen (secondary N) is 1. The topological polar surface area (TPSA) is 99.5 Å². The Bertz CT molecular complexity index is 1870. The number of likely N-dealkylation sites (N-methyl/N-ethyl adjacent to an activating group) is 1. The van der Waals surface area contributed by atoms with Crippen molar-refractivity contribution in [3.8, 4) is 11.3 Å². The molecule has 5 heterocycles. The molecule has 2 saturated heterocycles. The smallest absolute Gasteiger partial charge is 0.261 e. The molecule has 2 aliphatic rings. The zero-order valence-electron chi connectivity index (χ0n) is 26.4. The van der Waals surface area contributed by atoms with Crippen LogP contribution >= 0.6 is 11.6 Å². The molecule has 2 fully saturated rings. The van der Waals surface area contributed by atoms with Gasteiger partial charge >= 0.3 is 0 Å². The Kier molecular flexibility index (Phi) is 8.89. The number of hydrogen-bond acceptors (Lipinski definition) is 9. The van der Waals surface area contributed by atoms with E-state index in [9.17, 15) is 9.00 Å². The fourth-order valence-corrected chi connectivity index (χ4v) is 7.51. The molecule has 12 heteroatoms. The van der Waals surface area contributed by atoms with E-state index >= 15 is 0 Å². The summed E-state index contributed by atoms with van der Waals surface area (Å²) in [5, 5.41) is 4.06. The molecular formula is C33H41ClN8O2S. The van der Waals surface area contributed by atoms with Crippen molar-refractivity contribution >= 4 is 55.3 Å². The van der Waals surface area contributed by atoms with Gasteiger partial charge in [-0.2, -0.15) is 4.98 Å². The molecule has 2 aliphatic heterocycles. The van der Waals surface area contributed by atoms with Crippen LogP contribution in [0.1, 0.15) is 26.7 Å². The number of rotatable bonds is 9. The highest BCUT2D eigenvalue weighted by Gasteiger charge is 2.30. The molecule has 1 aromatic carbocycles. The summed E-state index contributed by atoms with van der Waals surface area (Å²) in [4.78, 5) is 35.4. The number of aromatic nitrogens is 4. The molecule has 0 aliphatic carbocycles. The minimum absolute atomic E-state index is 0.184. The molecule has 3 aromatic heterocycles. The summed E-state index contributed by atoms with van der Waals surface area (Å²) in [6.07, 6.45) is 5.80. The summed E-state index contributed by atoms with van der Waals surface area (Å²) >= 11 is 6.66. The number of benzene rings is 1. The maximum absolute atomic E-state index is 14.0. The first-order valence-corrected chi connectivity index (χ1v) is 17.6. The Hall–Kier alpha value is -3.51. The van der Waals surface area contributed by atoms with Crippen LogP contribution < -0.4 is 15.8 Å². The second kappa shape index (κ2) is 12.7. The zero-order chi connectivity index (χ0) is 31.9. The van der Waals surface area contributed by atoms with Crippen molar-refractivity contribution in [3.05, 3.63) is 64.2 Å². The summed E-state index contributed by atoms with van der Waals surface area (Å²) in [5.41, 5.74) is 3.00. The fourth-order valence-electron chi connectivity index (χ4n) is 6.09. The lowest BCUT2D eigenvalue weighted by Crippen LogP contribution is -2.50. The van der Waals surface area contributed by atoms with Crippen molar-refractivity contribution in [1.29, 1.82) is 0 Å². The van der Waals surface area contributed by atoms with Gasteiger partial charge in [0.1, 0.15) is 5.65 Å². The van der Waals surface area contributed by atoms with Crippen LogP contribution in [-0.4, -0.2) is 97.5 Å².